The quantitative estimate of drug-likeness (QED) is 0.179. The Morgan fingerprint density at radius 3 is 2.50 bits per heavy atom. The standard InChI is InChI=1S/C41H54N2Se/c1-10-35(43(28-30(6)7)41-31(8)18-17-19-32(41)9)25-24-34-26-33-20-13-14-21-36(33)40(34)38(11-2)44(12-3)39-23-16-15-22-37(39)42-27-29(4)5/h10-12,14-16,18,20-25,29-30,42H,1,13,17,19,26-28H2,2-9H3/b34-24+,35-25+,38-11-. The van der Waals surface area contributed by atoms with E-state index in [9.17, 15) is 0 Å². The Balaban J connectivity index is 1.83. The van der Waals surface area contributed by atoms with Crippen molar-refractivity contribution in [2.75, 3.05) is 18.4 Å². The molecule has 3 aliphatic carbocycles. The number of anilines is 1. The molecular formula is C41H54N2Se. The number of rotatable bonds is 12. The molecule has 2 nitrogen and oxygen atoms in total. The van der Waals surface area contributed by atoms with Crippen LogP contribution in [0.4, 0.5) is 5.69 Å². The van der Waals surface area contributed by atoms with Gasteiger partial charge in [-0.2, -0.15) is 0 Å². The SMILES string of the molecule is C=C/C(=C\C=C1/CC2=CCC=CC2=C1C(=C/C)/[Se](=C\C)c1ccccc1NCC(C)C)N(CC(C)C)C1=C(C)CCC=C1C. The van der Waals surface area contributed by atoms with Gasteiger partial charge in [0.05, 0.1) is 0 Å². The number of nitrogens with zero attached hydrogens (tertiary/aromatic N) is 1. The van der Waals surface area contributed by atoms with Crippen LogP contribution in [0.15, 0.2) is 129 Å². The first-order chi connectivity index (χ1) is 21.2. The predicted octanol–water partition coefficient (Wildman–Crippen LogP) is 9.90. The summed E-state index contributed by atoms with van der Waals surface area (Å²) in [7, 11) is 0. The van der Waals surface area contributed by atoms with E-state index in [0.717, 1.165) is 38.8 Å². The van der Waals surface area contributed by atoms with E-state index in [0.29, 0.717) is 11.8 Å². The maximum atomic E-state index is 4.31. The van der Waals surface area contributed by atoms with Crippen molar-refractivity contribution >= 4 is 28.5 Å². The fourth-order valence-electron chi connectivity index (χ4n) is 6.44. The van der Waals surface area contributed by atoms with Crippen LogP contribution in [0.5, 0.6) is 0 Å². The van der Waals surface area contributed by atoms with E-state index in [-0.39, 0.29) is 0 Å². The minimum absolute atomic E-state index is 0.536. The molecule has 0 saturated heterocycles. The molecule has 4 rings (SSSR count). The normalized spacial score (nSPS) is 19.2. The molecule has 44 heavy (non-hydrogen) atoms. The zero-order valence-electron chi connectivity index (χ0n) is 28.5. The van der Waals surface area contributed by atoms with Gasteiger partial charge in [-0.3, -0.25) is 0 Å². The average Bonchev–Trinajstić information content (AvgIpc) is 3.36. The third-order valence-electron chi connectivity index (χ3n) is 8.45. The average molecular weight is 654 g/mol. The summed E-state index contributed by atoms with van der Waals surface area (Å²) in [5.74, 6) is 1.13. The number of fused-ring (bicyclic) bond motifs is 1. The summed E-state index contributed by atoms with van der Waals surface area (Å²) in [5, 5.41) is 3.77. The Bertz CT molecular complexity index is 1530. The minimum atomic E-state index is -1.45. The van der Waals surface area contributed by atoms with Crippen LogP contribution in [0.25, 0.3) is 0 Å². The number of benzene rings is 1. The van der Waals surface area contributed by atoms with Crippen molar-refractivity contribution in [2.45, 2.75) is 81.1 Å². The van der Waals surface area contributed by atoms with Crippen molar-refractivity contribution in [3.05, 3.63) is 129 Å². The van der Waals surface area contributed by atoms with Crippen molar-refractivity contribution < 1.29 is 0 Å². The molecule has 0 aliphatic heterocycles. The van der Waals surface area contributed by atoms with E-state index in [1.807, 2.05) is 0 Å². The van der Waals surface area contributed by atoms with Crippen LogP contribution in [0.1, 0.15) is 81.1 Å². The van der Waals surface area contributed by atoms with Crippen molar-refractivity contribution in [1.82, 2.24) is 4.90 Å². The fourth-order valence-corrected chi connectivity index (χ4v) is 10.8. The van der Waals surface area contributed by atoms with Crippen molar-refractivity contribution in [3.8, 4) is 0 Å². The predicted molar refractivity (Wildman–Crippen MR) is 198 cm³/mol. The van der Waals surface area contributed by atoms with Gasteiger partial charge in [0.15, 0.2) is 0 Å². The van der Waals surface area contributed by atoms with E-state index < -0.39 is 13.5 Å². The van der Waals surface area contributed by atoms with Gasteiger partial charge < -0.3 is 0 Å². The summed E-state index contributed by atoms with van der Waals surface area (Å²) in [4.78, 5) is 5.01. The second kappa shape index (κ2) is 15.7. The molecule has 0 fully saturated rings. The van der Waals surface area contributed by atoms with Crippen molar-refractivity contribution in [1.29, 1.82) is 0 Å². The number of para-hydroxylation sites is 1. The number of allylic oxidation sites excluding steroid dienone is 15. The third-order valence-corrected chi connectivity index (χ3v) is 13.1. The van der Waals surface area contributed by atoms with Gasteiger partial charge in [0.25, 0.3) is 0 Å². The Labute approximate surface area is 272 Å². The van der Waals surface area contributed by atoms with Crippen molar-refractivity contribution in [3.63, 3.8) is 0 Å². The first-order valence-electron chi connectivity index (χ1n) is 16.5. The van der Waals surface area contributed by atoms with Gasteiger partial charge >= 0.3 is 274 Å². The van der Waals surface area contributed by atoms with Crippen LogP contribution in [-0.4, -0.2) is 36.4 Å². The van der Waals surface area contributed by atoms with Crippen molar-refractivity contribution in [2.24, 2.45) is 11.8 Å². The summed E-state index contributed by atoms with van der Waals surface area (Å²) >= 11 is -1.45. The van der Waals surface area contributed by atoms with Gasteiger partial charge in [-0.05, 0) is 0 Å². The number of nitrogens with one attached hydrogen (secondary N) is 1. The molecule has 0 aromatic heterocycles. The second-order valence-electron chi connectivity index (χ2n) is 12.9. The summed E-state index contributed by atoms with van der Waals surface area (Å²) in [5.41, 5.74) is 12.4. The zero-order valence-corrected chi connectivity index (χ0v) is 30.2. The second-order valence-corrected chi connectivity index (χ2v) is 17.1. The van der Waals surface area contributed by atoms with Gasteiger partial charge in [0, 0.05) is 0 Å². The molecule has 1 aromatic rings. The van der Waals surface area contributed by atoms with Crippen LogP contribution in [0, 0.1) is 11.8 Å². The summed E-state index contributed by atoms with van der Waals surface area (Å²) in [6.07, 6.45) is 23.0. The first-order valence-corrected chi connectivity index (χ1v) is 19.2. The van der Waals surface area contributed by atoms with E-state index in [1.165, 1.54) is 59.5 Å². The maximum absolute atomic E-state index is 4.31. The van der Waals surface area contributed by atoms with E-state index in [4.69, 9.17) is 0 Å². The Morgan fingerprint density at radius 2 is 1.84 bits per heavy atom. The van der Waals surface area contributed by atoms with Crippen LogP contribution in [0.3, 0.4) is 0 Å². The van der Waals surface area contributed by atoms with Crippen LogP contribution >= 0.6 is 0 Å². The molecule has 1 unspecified atom stereocenters. The van der Waals surface area contributed by atoms with Gasteiger partial charge in [-0.15, -0.1) is 0 Å². The van der Waals surface area contributed by atoms with Gasteiger partial charge in [0.2, 0.25) is 0 Å². The topological polar surface area (TPSA) is 15.3 Å². The van der Waals surface area contributed by atoms with E-state index in [2.05, 4.69) is 150 Å². The zero-order chi connectivity index (χ0) is 31.8. The molecule has 234 valence electrons. The molecule has 1 atom stereocenters. The summed E-state index contributed by atoms with van der Waals surface area (Å²) in [6, 6.07) is 8.99. The van der Waals surface area contributed by atoms with Crippen LogP contribution in [0.2, 0.25) is 0 Å². The van der Waals surface area contributed by atoms with E-state index >= 15 is 0 Å². The van der Waals surface area contributed by atoms with E-state index in [1.54, 1.807) is 0 Å². The molecule has 0 saturated carbocycles. The molecule has 0 bridgehead atoms. The van der Waals surface area contributed by atoms with Crippen LogP contribution in [-0.2, 0) is 0 Å². The first kappa shape index (κ1) is 33.8. The van der Waals surface area contributed by atoms with Gasteiger partial charge in [-0.25, -0.2) is 0 Å². The third kappa shape index (κ3) is 7.74. The Kier molecular flexibility index (Phi) is 12.1. The summed E-state index contributed by atoms with van der Waals surface area (Å²) in [6.45, 7) is 24.5. The Morgan fingerprint density at radius 1 is 1.07 bits per heavy atom. The molecule has 1 N–H and O–H groups in total. The number of hydrogen-bond donors (Lipinski definition) is 1. The summed E-state index contributed by atoms with van der Waals surface area (Å²) < 4.78 is 2.96. The molecule has 0 amide bonds. The molecule has 0 spiro atoms. The Hall–Kier alpha value is -3.13. The monoisotopic (exact) mass is 654 g/mol. The molecule has 0 radical (unpaired) electrons. The van der Waals surface area contributed by atoms with Crippen LogP contribution < -0.4 is 9.78 Å². The van der Waals surface area contributed by atoms with Gasteiger partial charge in [0.1, 0.15) is 0 Å². The molecular weight excluding hydrogens is 599 g/mol. The fraction of sp³-hybridized carbons (Fsp3) is 0.390. The number of hydrogen-bond acceptors (Lipinski definition) is 2. The molecule has 3 heteroatoms. The molecule has 1 aromatic carbocycles. The molecule has 0 heterocycles. The van der Waals surface area contributed by atoms with Gasteiger partial charge in [-0.1, -0.05) is 0 Å². The molecule has 3 aliphatic rings.